The van der Waals surface area contributed by atoms with E-state index >= 15 is 0 Å². The van der Waals surface area contributed by atoms with Gasteiger partial charge in [0.15, 0.2) is 0 Å². The van der Waals surface area contributed by atoms with Gasteiger partial charge in [-0.3, -0.25) is 0 Å². The molecule has 0 radical (unpaired) electrons. The molecule has 3 rings (SSSR count). The predicted octanol–water partition coefficient (Wildman–Crippen LogP) is 3.16. The van der Waals surface area contributed by atoms with Crippen LogP contribution in [-0.2, 0) is 0 Å². The molecule has 0 aliphatic heterocycles. The van der Waals surface area contributed by atoms with Crippen molar-refractivity contribution < 1.29 is 4.74 Å². The van der Waals surface area contributed by atoms with Crippen LogP contribution in [0.1, 0.15) is 6.92 Å². The summed E-state index contributed by atoms with van der Waals surface area (Å²) in [7, 11) is 0. The average Bonchev–Trinajstić information content (AvgIpc) is 2.83. The monoisotopic (exact) mass is 332 g/mol. The van der Waals surface area contributed by atoms with Crippen LogP contribution in [-0.4, -0.2) is 21.6 Å². The van der Waals surface area contributed by atoms with E-state index in [0.717, 1.165) is 21.2 Å². The van der Waals surface area contributed by atoms with Crippen molar-refractivity contribution in [3.8, 4) is 11.4 Å². The Morgan fingerprint density at radius 3 is 2.45 bits per heavy atom. The van der Waals surface area contributed by atoms with Gasteiger partial charge in [0.25, 0.3) is 0 Å². The van der Waals surface area contributed by atoms with Gasteiger partial charge in [-0.05, 0) is 37.3 Å². The molecule has 0 aliphatic rings. The molecule has 2 N–H and O–H groups in total. The molecule has 102 valence electrons. The fourth-order valence-electron chi connectivity index (χ4n) is 1.93. The molecule has 2 aromatic carbocycles. The molecule has 0 saturated carbocycles. The summed E-state index contributed by atoms with van der Waals surface area (Å²) in [4.78, 5) is 1.59. The SMILES string of the molecule is CCOc1cc2nn(-c3ccc(Br)cc3)nc2cc1N. The maximum Gasteiger partial charge on any atom is 0.144 e. The minimum atomic E-state index is 0.566. The van der Waals surface area contributed by atoms with Crippen molar-refractivity contribution in [2.75, 3.05) is 12.3 Å². The summed E-state index contributed by atoms with van der Waals surface area (Å²) in [6.07, 6.45) is 0. The van der Waals surface area contributed by atoms with E-state index in [0.29, 0.717) is 18.0 Å². The lowest BCUT2D eigenvalue weighted by Gasteiger charge is -2.04. The third-order valence-corrected chi connectivity index (χ3v) is 3.40. The Hall–Kier alpha value is -2.08. The van der Waals surface area contributed by atoms with Crippen LogP contribution >= 0.6 is 15.9 Å². The van der Waals surface area contributed by atoms with Gasteiger partial charge in [0.05, 0.1) is 18.0 Å². The van der Waals surface area contributed by atoms with Crippen LogP contribution in [0.4, 0.5) is 5.69 Å². The standard InChI is InChI=1S/C14H13BrN4O/c1-2-20-14-8-13-12(7-11(14)16)17-19(18-13)10-5-3-9(15)4-6-10/h3-8H,2,16H2,1H3. The molecule has 0 atom stereocenters. The van der Waals surface area contributed by atoms with Crippen molar-refractivity contribution in [3.05, 3.63) is 40.9 Å². The third kappa shape index (κ3) is 2.34. The van der Waals surface area contributed by atoms with Crippen molar-refractivity contribution in [1.29, 1.82) is 0 Å². The summed E-state index contributed by atoms with van der Waals surface area (Å²) in [6, 6.07) is 11.4. The van der Waals surface area contributed by atoms with Crippen LogP contribution in [0.25, 0.3) is 16.7 Å². The normalized spacial score (nSPS) is 10.9. The van der Waals surface area contributed by atoms with Gasteiger partial charge in [0.2, 0.25) is 0 Å². The first-order valence-corrected chi connectivity index (χ1v) is 7.02. The highest BCUT2D eigenvalue weighted by Gasteiger charge is 2.09. The van der Waals surface area contributed by atoms with Crippen molar-refractivity contribution >= 4 is 32.7 Å². The number of nitrogen functional groups attached to an aromatic ring is 1. The molecule has 0 unspecified atom stereocenters. The van der Waals surface area contributed by atoms with Crippen LogP contribution in [0, 0.1) is 0 Å². The topological polar surface area (TPSA) is 66.0 Å². The summed E-state index contributed by atoms with van der Waals surface area (Å²) < 4.78 is 6.48. The number of halogens is 1. The molecular formula is C14H13BrN4O. The fourth-order valence-corrected chi connectivity index (χ4v) is 2.20. The van der Waals surface area contributed by atoms with E-state index in [1.54, 1.807) is 10.9 Å². The minimum Gasteiger partial charge on any atom is -0.492 e. The highest BCUT2D eigenvalue weighted by molar-refractivity contribution is 9.10. The minimum absolute atomic E-state index is 0.566. The zero-order chi connectivity index (χ0) is 14.1. The summed E-state index contributed by atoms with van der Waals surface area (Å²) in [5.41, 5.74) is 8.89. The number of anilines is 1. The Balaban J connectivity index is 2.08. The Morgan fingerprint density at radius 1 is 1.15 bits per heavy atom. The highest BCUT2D eigenvalue weighted by Crippen LogP contribution is 2.26. The van der Waals surface area contributed by atoms with E-state index in [1.165, 1.54) is 0 Å². The molecule has 0 aliphatic carbocycles. The van der Waals surface area contributed by atoms with Gasteiger partial charge in [-0.15, -0.1) is 10.2 Å². The lowest BCUT2D eigenvalue weighted by molar-refractivity contribution is 0.342. The third-order valence-electron chi connectivity index (χ3n) is 2.87. The van der Waals surface area contributed by atoms with E-state index in [1.807, 2.05) is 37.3 Å². The molecule has 20 heavy (non-hydrogen) atoms. The van der Waals surface area contributed by atoms with Crippen LogP contribution in [0.5, 0.6) is 5.75 Å². The number of benzene rings is 2. The largest absolute Gasteiger partial charge is 0.492 e. The first kappa shape index (κ1) is 12.9. The molecule has 0 bridgehead atoms. The van der Waals surface area contributed by atoms with Crippen molar-refractivity contribution in [3.63, 3.8) is 0 Å². The zero-order valence-corrected chi connectivity index (χ0v) is 12.5. The van der Waals surface area contributed by atoms with Gasteiger partial charge in [-0.25, -0.2) is 0 Å². The Morgan fingerprint density at radius 2 is 1.80 bits per heavy atom. The molecule has 0 saturated heterocycles. The van der Waals surface area contributed by atoms with E-state index in [-0.39, 0.29) is 0 Å². The molecule has 0 amide bonds. The van der Waals surface area contributed by atoms with Gasteiger partial charge < -0.3 is 10.5 Å². The number of nitrogens with two attached hydrogens (primary N) is 1. The van der Waals surface area contributed by atoms with E-state index in [4.69, 9.17) is 10.5 Å². The van der Waals surface area contributed by atoms with E-state index < -0.39 is 0 Å². The van der Waals surface area contributed by atoms with Crippen LogP contribution in [0.3, 0.4) is 0 Å². The van der Waals surface area contributed by atoms with Gasteiger partial charge in [0, 0.05) is 10.5 Å². The van der Waals surface area contributed by atoms with E-state index in [9.17, 15) is 0 Å². The molecule has 6 heteroatoms. The molecule has 1 aromatic heterocycles. The van der Waals surface area contributed by atoms with E-state index in [2.05, 4.69) is 26.1 Å². The Bertz CT molecular complexity index is 752. The van der Waals surface area contributed by atoms with Gasteiger partial charge in [0.1, 0.15) is 16.8 Å². The average molecular weight is 333 g/mol. The zero-order valence-electron chi connectivity index (χ0n) is 10.9. The first-order chi connectivity index (χ1) is 9.67. The van der Waals surface area contributed by atoms with Crippen LogP contribution in [0.2, 0.25) is 0 Å². The van der Waals surface area contributed by atoms with Gasteiger partial charge >= 0.3 is 0 Å². The quantitative estimate of drug-likeness (QED) is 0.748. The number of hydrogen-bond donors (Lipinski definition) is 1. The maximum atomic E-state index is 5.93. The fraction of sp³-hybridized carbons (Fsp3) is 0.143. The lowest BCUT2D eigenvalue weighted by atomic mass is 10.2. The maximum absolute atomic E-state index is 5.93. The molecule has 0 fully saturated rings. The summed E-state index contributed by atoms with van der Waals surface area (Å²) >= 11 is 3.41. The first-order valence-electron chi connectivity index (χ1n) is 6.22. The van der Waals surface area contributed by atoms with Crippen molar-refractivity contribution in [2.45, 2.75) is 6.92 Å². The number of fused-ring (bicyclic) bond motifs is 1. The second kappa shape index (κ2) is 5.13. The highest BCUT2D eigenvalue weighted by atomic mass is 79.9. The van der Waals surface area contributed by atoms with Crippen LogP contribution < -0.4 is 10.5 Å². The number of nitrogens with zero attached hydrogens (tertiary/aromatic N) is 3. The lowest BCUT2D eigenvalue weighted by Crippen LogP contribution is -1.97. The van der Waals surface area contributed by atoms with Gasteiger partial charge in [-0.1, -0.05) is 15.9 Å². The summed E-state index contributed by atoms with van der Waals surface area (Å²) in [6.45, 7) is 2.48. The summed E-state index contributed by atoms with van der Waals surface area (Å²) in [5.74, 6) is 0.642. The second-order valence-corrected chi connectivity index (χ2v) is 5.19. The van der Waals surface area contributed by atoms with Crippen molar-refractivity contribution in [2.24, 2.45) is 0 Å². The van der Waals surface area contributed by atoms with Crippen LogP contribution in [0.15, 0.2) is 40.9 Å². The second-order valence-electron chi connectivity index (χ2n) is 4.28. The molecule has 3 aromatic rings. The molecular weight excluding hydrogens is 320 g/mol. The van der Waals surface area contributed by atoms with Gasteiger partial charge in [-0.2, -0.15) is 4.80 Å². The molecule has 1 heterocycles. The number of aromatic nitrogens is 3. The Kier molecular flexibility index (Phi) is 3.31. The Labute approximate surface area is 124 Å². The number of rotatable bonds is 3. The smallest absolute Gasteiger partial charge is 0.144 e. The number of hydrogen-bond acceptors (Lipinski definition) is 4. The van der Waals surface area contributed by atoms with Crippen molar-refractivity contribution in [1.82, 2.24) is 15.0 Å². The molecule has 5 nitrogen and oxygen atoms in total. The summed E-state index contributed by atoms with van der Waals surface area (Å²) in [5, 5.41) is 8.88. The predicted molar refractivity (Wildman–Crippen MR) is 82.1 cm³/mol. The number of ether oxygens (including phenoxy) is 1. The molecule has 0 spiro atoms.